The lowest BCUT2D eigenvalue weighted by molar-refractivity contribution is 0.142. The number of aromatic nitrogens is 2. The standard InChI is InChI=1S/C16H27N5O/c1-12(2)22-14-10-13(18-15(17)19-14)21-9-6-16(11-21)4-7-20(3)8-5-16/h10,12H,4-9,11H2,1-3H3,(H2,17,18,19). The summed E-state index contributed by atoms with van der Waals surface area (Å²) in [6.45, 7) is 8.48. The minimum absolute atomic E-state index is 0.0842. The Kier molecular flexibility index (Phi) is 4.12. The van der Waals surface area contributed by atoms with Crippen LogP contribution in [-0.2, 0) is 0 Å². The molecule has 3 heterocycles. The normalized spacial score (nSPS) is 21.7. The third kappa shape index (κ3) is 3.27. The third-order valence-electron chi connectivity index (χ3n) is 4.87. The molecule has 1 spiro atoms. The molecular weight excluding hydrogens is 278 g/mol. The molecule has 6 heteroatoms. The molecule has 0 saturated carbocycles. The van der Waals surface area contributed by atoms with E-state index in [0.717, 1.165) is 18.9 Å². The summed E-state index contributed by atoms with van der Waals surface area (Å²) in [5.74, 6) is 1.76. The number of nitrogen functional groups attached to an aromatic ring is 1. The van der Waals surface area contributed by atoms with E-state index in [2.05, 4.69) is 26.8 Å². The van der Waals surface area contributed by atoms with Gasteiger partial charge in [0.05, 0.1) is 6.10 Å². The molecule has 2 saturated heterocycles. The molecule has 1 aromatic rings. The average Bonchev–Trinajstić information content (AvgIpc) is 2.85. The summed E-state index contributed by atoms with van der Waals surface area (Å²) in [6.07, 6.45) is 3.87. The molecule has 0 unspecified atom stereocenters. The van der Waals surface area contributed by atoms with Crippen LogP contribution in [0.1, 0.15) is 33.1 Å². The van der Waals surface area contributed by atoms with E-state index in [1.165, 1.54) is 32.4 Å². The van der Waals surface area contributed by atoms with Gasteiger partial charge in [-0.05, 0) is 58.7 Å². The van der Waals surface area contributed by atoms with Crippen molar-refractivity contribution in [2.45, 2.75) is 39.2 Å². The van der Waals surface area contributed by atoms with Gasteiger partial charge in [0.25, 0.3) is 0 Å². The van der Waals surface area contributed by atoms with Crippen molar-refractivity contribution < 1.29 is 4.74 Å². The highest BCUT2D eigenvalue weighted by Crippen LogP contribution is 2.41. The van der Waals surface area contributed by atoms with Gasteiger partial charge in [0.2, 0.25) is 11.8 Å². The number of ether oxygens (including phenoxy) is 1. The molecule has 0 radical (unpaired) electrons. The monoisotopic (exact) mass is 305 g/mol. The van der Waals surface area contributed by atoms with Gasteiger partial charge < -0.3 is 20.3 Å². The van der Waals surface area contributed by atoms with Crippen LogP contribution >= 0.6 is 0 Å². The van der Waals surface area contributed by atoms with Gasteiger partial charge in [0.15, 0.2) is 0 Å². The zero-order valence-corrected chi connectivity index (χ0v) is 13.9. The minimum atomic E-state index is 0.0842. The third-order valence-corrected chi connectivity index (χ3v) is 4.87. The van der Waals surface area contributed by atoms with Crippen molar-refractivity contribution in [3.8, 4) is 5.88 Å². The van der Waals surface area contributed by atoms with E-state index in [1.54, 1.807) is 0 Å². The second-order valence-electron chi connectivity index (χ2n) is 7.06. The van der Waals surface area contributed by atoms with Gasteiger partial charge in [-0.25, -0.2) is 0 Å². The van der Waals surface area contributed by atoms with Gasteiger partial charge in [-0.1, -0.05) is 0 Å². The first-order valence-electron chi connectivity index (χ1n) is 8.20. The molecule has 0 atom stereocenters. The maximum absolute atomic E-state index is 5.86. The Hall–Kier alpha value is -1.56. The summed E-state index contributed by atoms with van der Waals surface area (Å²) in [6, 6.07) is 1.92. The van der Waals surface area contributed by atoms with Crippen LogP contribution in [0.15, 0.2) is 6.07 Å². The Morgan fingerprint density at radius 3 is 2.55 bits per heavy atom. The van der Waals surface area contributed by atoms with Crippen molar-refractivity contribution >= 4 is 11.8 Å². The summed E-state index contributed by atoms with van der Waals surface area (Å²) in [4.78, 5) is 13.4. The predicted octanol–water partition coefficient (Wildman–Crippen LogP) is 1.77. The lowest BCUT2D eigenvalue weighted by atomic mass is 9.78. The Balaban J connectivity index is 1.74. The molecule has 2 aliphatic heterocycles. The van der Waals surface area contributed by atoms with E-state index in [0.29, 0.717) is 11.3 Å². The van der Waals surface area contributed by atoms with E-state index in [9.17, 15) is 0 Å². The smallest absolute Gasteiger partial charge is 0.225 e. The van der Waals surface area contributed by atoms with Crippen LogP contribution in [0.5, 0.6) is 5.88 Å². The Labute approximate surface area is 132 Å². The molecule has 1 aromatic heterocycles. The fourth-order valence-electron chi connectivity index (χ4n) is 3.53. The zero-order valence-electron chi connectivity index (χ0n) is 13.9. The van der Waals surface area contributed by atoms with Crippen molar-refractivity contribution in [3.05, 3.63) is 6.07 Å². The largest absolute Gasteiger partial charge is 0.475 e. The number of likely N-dealkylation sites (tertiary alicyclic amines) is 1. The Bertz CT molecular complexity index is 525. The van der Waals surface area contributed by atoms with Crippen LogP contribution in [0.4, 0.5) is 11.8 Å². The molecule has 0 aliphatic carbocycles. The summed E-state index contributed by atoms with van der Waals surface area (Å²) < 4.78 is 5.68. The van der Waals surface area contributed by atoms with Crippen molar-refractivity contribution in [1.82, 2.24) is 14.9 Å². The van der Waals surface area contributed by atoms with Gasteiger partial charge in [-0.15, -0.1) is 0 Å². The molecular formula is C16H27N5O. The number of rotatable bonds is 3. The van der Waals surface area contributed by atoms with Crippen molar-refractivity contribution in [3.63, 3.8) is 0 Å². The Morgan fingerprint density at radius 1 is 1.18 bits per heavy atom. The Morgan fingerprint density at radius 2 is 1.86 bits per heavy atom. The lowest BCUT2D eigenvalue weighted by Crippen LogP contribution is -2.39. The summed E-state index contributed by atoms with van der Waals surface area (Å²) in [5, 5.41) is 0. The molecule has 0 aromatic carbocycles. The molecule has 0 bridgehead atoms. The number of hydrogen-bond acceptors (Lipinski definition) is 6. The number of nitrogens with zero attached hydrogens (tertiary/aromatic N) is 4. The van der Waals surface area contributed by atoms with E-state index in [1.807, 2.05) is 19.9 Å². The van der Waals surface area contributed by atoms with Gasteiger partial charge >= 0.3 is 0 Å². The molecule has 6 nitrogen and oxygen atoms in total. The number of anilines is 2. The predicted molar refractivity (Wildman–Crippen MR) is 88.2 cm³/mol. The number of nitrogens with two attached hydrogens (primary N) is 1. The van der Waals surface area contributed by atoms with E-state index < -0.39 is 0 Å². The molecule has 122 valence electrons. The van der Waals surface area contributed by atoms with Crippen LogP contribution < -0.4 is 15.4 Å². The van der Waals surface area contributed by atoms with Gasteiger partial charge in [-0.2, -0.15) is 9.97 Å². The zero-order chi connectivity index (χ0) is 15.7. The molecule has 2 aliphatic rings. The van der Waals surface area contributed by atoms with Crippen molar-refractivity contribution in [2.24, 2.45) is 5.41 Å². The number of hydrogen-bond donors (Lipinski definition) is 1. The quantitative estimate of drug-likeness (QED) is 0.918. The van der Waals surface area contributed by atoms with Gasteiger partial charge in [-0.3, -0.25) is 0 Å². The number of piperidine rings is 1. The summed E-state index contributed by atoms with van der Waals surface area (Å²) in [5.41, 5.74) is 6.31. The van der Waals surface area contributed by atoms with Crippen LogP contribution in [0, 0.1) is 5.41 Å². The summed E-state index contributed by atoms with van der Waals surface area (Å²) >= 11 is 0. The van der Waals surface area contributed by atoms with E-state index in [4.69, 9.17) is 10.5 Å². The highest BCUT2D eigenvalue weighted by Gasteiger charge is 2.40. The summed E-state index contributed by atoms with van der Waals surface area (Å²) in [7, 11) is 2.21. The highest BCUT2D eigenvalue weighted by molar-refractivity contribution is 5.47. The van der Waals surface area contributed by atoms with E-state index >= 15 is 0 Å². The first-order chi connectivity index (χ1) is 10.5. The van der Waals surface area contributed by atoms with Crippen molar-refractivity contribution in [2.75, 3.05) is 43.9 Å². The fraction of sp³-hybridized carbons (Fsp3) is 0.750. The maximum atomic E-state index is 5.86. The molecule has 0 amide bonds. The SMILES string of the molecule is CC(C)Oc1cc(N2CCC3(CCN(C)CC3)C2)nc(N)n1. The second kappa shape index (κ2) is 5.91. The lowest BCUT2D eigenvalue weighted by Gasteiger charge is -2.37. The molecule has 3 rings (SSSR count). The van der Waals surface area contributed by atoms with Crippen LogP contribution in [-0.4, -0.2) is 54.2 Å². The maximum Gasteiger partial charge on any atom is 0.225 e. The van der Waals surface area contributed by atoms with Gasteiger partial charge in [0.1, 0.15) is 5.82 Å². The minimum Gasteiger partial charge on any atom is -0.475 e. The first kappa shape index (κ1) is 15.3. The van der Waals surface area contributed by atoms with Crippen LogP contribution in [0.3, 0.4) is 0 Å². The molecule has 2 N–H and O–H groups in total. The fourth-order valence-corrected chi connectivity index (χ4v) is 3.53. The second-order valence-corrected chi connectivity index (χ2v) is 7.06. The van der Waals surface area contributed by atoms with Gasteiger partial charge in [0, 0.05) is 19.2 Å². The van der Waals surface area contributed by atoms with Crippen LogP contribution in [0.25, 0.3) is 0 Å². The molecule has 2 fully saturated rings. The highest BCUT2D eigenvalue weighted by atomic mass is 16.5. The van der Waals surface area contributed by atoms with E-state index in [-0.39, 0.29) is 12.1 Å². The van der Waals surface area contributed by atoms with Crippen LogP contribution in [0.2, 0.25) is 0 Å². The topological polar surface area (TPSA) is 67.5 Å². The van der Waals surface area contributed by atoms with Crippen molar-refractivity contribution in [1.29, 1.82) is 0 Å². The molecule has 22 heavy (non-hydrogen) atoms. The average molecular weight is 305 g/mol. The first-order valence-corrected chi connectivity index (χ1v) is 8.20.